The number of nitrogens with zero attached hydrogens (tertiary/aromatic N) is 2. The summed E-state index contributed by atoms with van der Waals surface area (Å²) >= 11 is 0. The Kier molecular flexibility index (Phi) is 9.04. The van der Waals surface area contributed by atoms with E-state index in [1.807, 2.05) is 0 Å². The van der Waals surface area contributed by atoms with E-state index in [9.17, 15) is 0 Å². The van der Waals surface area contributed by atoms with Crippen molar-refractivity contribution >= 4 is 55.7 Å². The molecule has 1 spiro atoms. The highest BCUT2D eigenvalue weighted by molar-refractivity contribution is 6.14. The monoisotopic (exact) mass is 806 g/mol. The van der Waals surface area contributed by atoms with E-state index >= 15 is 0 Å². The van der Waals surface area contributed by atoms with Gasteiger partial charge in [-0.2, -0.15) is 0 Å². The summed E-state index contributed by atoms with van der Waals surface area (Å²) in [6.45, 7) is 0. The lowest BCUT2D eigenvalue weighted by Crippen LogP contribution is -2.22. The largest absolute Gasteiger partial charge is 0.310 e. The fourth-order valence-corrected chi connectivity index (χ4v) is 10.8. The standard InChI is InChI=1S/C61H46N2/c1-4-16-43(17-5-1)45-26-30-49(31-27-45)62(50-32-28-46(29-33-50)44-18-6-2-7-19-44)51-34-36-55-56-37-35-52(42-59(56)61(58(55)41-51)38-14-15-39-61)63(48-21-8-3-9-22-48)60-40-47-20-10-11-23-53(47)54-24-12-13-25-57(54)60/h1-13,16-37,40-42H,14-15,38-39H2. The maximum atomic E-state index is 2.54. The summed E-state index contributed by atoms with van der Waals surface area (Å²) in [4.78, 5) is 4.94. The third-order valence-electron chi connectivity index (χ3n) is 13.8. The van der Waals surface area contributed by atoms with E-state index in [1.54, 1.807) is 0 Å². The molecule has 2 aliphatic carbocycles. The Morgan fingerprint density at radius 3 is 1.27 bits per heavy atom. The van der Waals surface area contributed by atoms with Crippen LogP contribution in [0.1, 0.15) is 36.8 Å². The van der Waals surface area contributed by atoms with Crippen molar-refractivity contribution in [1.29, 1.82) is 0 Å². The molecule has 0 aromatic heterocycles. The first-order valence-electron chi connectivity index (χ1n) is 22.4. The van der Waals surface area contributed by atoms with E-state index in [4.69, 9.17) is 0 Å². The summed E-state index contributed by atoms with van der Waals surface area (Å²) in [7, 11) is 0. The van der Waals surface area contributed by atoms with Crippen LogP contribution >= 0.6 is 0 Å². The third kappa shape index (κ3) is 6.33. The summed E-state index contributed by atoms with van der Waals surface area (Å²) in [5.74, 6) is 0. The van der Waals surface area contributed by atoms with Crippen LogP contribution in [-0.2, 0) is 5.41 Å². The van der Waals surface area contributed by atoms with Crippen molar-refractivity contribution in [2.24, 2.45) is 0 Å². The number of hydrogen-bond donors (Lipinski definition) is 0. The van der Waals surface area contributed by atoms with Gasteiger partial charge in [0.15, 0.2) is 0 Å². The lowest BCUT2D eigenvalue weighted by molar-refractivity contribution is 0.550. The normalized spacial score (nSPS) is 13.6. The second-order valence-electron chi connectivity index (χ2n) is 17.2. The molecular weight excluding hydrogens is 761 g/mol. The van der Waals surface area contributed by atoms with Crippen molar-refractivity contribution in [2.75, 3.05) is 9.80 Å². The Hall–Kier alpha value is -7.68. The molecule has 0 bridgehead atoms. The Morgan fingerprint density at radius 2 is 0.714 bits per heavy atom. The number of anilines is 6. The SMILES string of the molecule is c1ccc(-c2ccc(N(c3ccc(-c4ccccc4)cc3)c3ccc4c(c3)C3(CCCC3)c3cc(N(c5ccccc5)c5cc6ccccc6c6ccccc56)ccc3-4)cc2)cc1. The Bertz CT molecular complexity index is 3180. The highest BCUT2D eigenvalue weighted by Crippen LogP contribution is 2.59. The minimum Gasteiger partial charge on any atom is -0.310 e. The molecule has 2 aliphatic rings. The Balaban J connectivity index is 0.995. The van der Waals surface area contributed by atoms with Crippen LogP contribution in [0.4, 0.5) is 34.1 Å². The van der Waals surface area contributed by atoms with Crippen molar-refractivity contribution in [3.05, 3.63) is 242 Å². The lowest BCUT2D eigenvalue weighted by Gasteiger charge is -2.31. The van der Waals surface area contributed by atoms with E-state index in [-0.39, 0.29) is 5.41 Å². The summed E-state index contributed by atoms with van der Waals surface area (Å²) < 4.78 is 0. The molecule has 2 heteroatoms. The van der Waals surface area contributed by atoms with Gasteiger partial charge in [0.2, 0.25) is 0 Å². The Morgan fingerprint density at radius 1 is 0.302 bits per heavy atom. The van der Waals surface area contributed by atoms with E-state index in [1.165, 1.54) is 96.0 Å². The van der Waals surface area contributed by atoms with Crippen LogP contribution in [0.25, 0.3) is 54.9 Å². The van der Waals surface area contributed by atoms with Gasteiger partial charge in [0.05, 0.1) is 5.69 Å². The molecule has 300 valence electrons. The zero-order valence-corrected chi connectivity index (χ0v) is 35.2. The molecule has 0 heterocycles. The van der Waals surface area contributed by atoms with Gasteiger partial charge in [-0.3, -0.25) is 0 Å². The van der Waals surface area contributed by atoms with Gasteiger partial charge >= 0.3 is 0 Å². The molecule has 0 amide bonds. The average molecular weight is 807 g/mol. The summed E-state index contributed by atoms with van der Waals surface area (Å²) in [6.07, 6.45) is 4.72. The van der Waals surface area contributed by atoms with Crippen LogP contribution in [0, 0.1) is 0 Å². The van der Waals surface area contributed by atoms with Crippen LogP contribution in [0.3, 0.4) is 0 Å². The minimum absolute atomic E-state index is 0.0650. The number of para-hydroxylation sites is 1. The average Bonchev–Trinajstić information content (AvgIpc) is 3.96. The molecular formula is C61H46N2. The topological polar surface area (TPSA) is 6.48 Å². The van der Waals surface area contributed by atoms with Gasteiger partial charge in [0, 0.05) is 39.2 Å². The van der Waals surface area contributed by atoms with E-state index in [0.717, 1.165) is 29.9 Å². The smallest absolute Gasteiger partial charge is 0.0546 e. The summed E-state index contributed by atoms with van der Waals surface area (Å²) in [6, 6.07) is 85.1. The number of hydrogen-bond acceptors (Lipinski definition) is 2. The molecule has 0 N–H and O–H groups in total. The molecule has 1 fully saturated rings. The van der Waals surface area contributed by atoms with Gasteiger partial charge in [-0.15, -0.1) is 0 Å². The quantitative estimate of drug-likeness (QED) is 0.141. The molecule has 2 nitrogen and oxygen atoms in total. The first kappa shape index (κ1) is 37.1. The fraction of sp³-hybridized carbons (Fsp3) is 0.0820. The fourth-order valence-electron chi connectivity index (χ4n) is 10.8. The van der Waals surface area contributed by atoms with Crippen LogP contribution in [0.15, 0.2) is 231 Å². The molecule has 0 aliphatic heterocycles. The molecule has 10 aromatic rings. The van der Waals surface area contributed by atoms with Crippen LogP contribution in [-0.4, -0.2) is 0 Å². The van der Waals surface area contributed by atoms with Crippen molar-refractivity contribution in [1.82, 2.24) is 0 Å². The molecule has 63 heavy (non-hydrogen) atoms. The maximum Gasteiger partial charge on any atom is 0.0546 e. The van der Waals surface area contributed by atoms with Crippen molar-refractivity contribution in [2.45, 2.75) is 31.1 Å². The van der Waals surface area contributed by atoms with Crippen LogP contribution in [0.2, 0.25) is 0 Å². The molecule has 10 aromatic carbocycles. The van der Waals surface area contributed by atoms with Gasteiger partial charge in [-0.05, 0) is 140 Å². The summed E-state index contributed by atoms with van der Waals surface area (Å²) in [5.41, 5.74) is 17.5. The molecule has 1 saturated carbocycles. The van der Waals surface area contributed by atoms with Crippen molar-refractivity contribution < 1.29 is 0 Å². The zero-order chi connectivity index (χ0) is 41.7. The van der Waals surface area contributed by atoms with Gasteiger partial charge < -0.3 is 9.80 Å². The van der Waals surface area contributed by atoms with Crippen molar-refractivity contribution in [3.63, 3.8) is 0 Å². The second kappa shape index (κ2) is 15.3. The van der Waals surface area contributed by atoms with E-state index in [2.05, 4.69) is 240 Å². The first-order chi connectivity index (χ1) is 31.2. The first-order valence-corrected chi connectivity index (χ1v) is 22.4. The maximum absolute atomic E-state index is 2.54. The predicted octanol–water partition coefficient (Wildman–Crippen LogP) is 17.1. The summed E-state index contributed by atoms with van der Waals surface area (Å²) in [5, 5.41) is 5.05. The molecule has 12 rings (SSSR count). The Labute approximate surface area is 370 Å². The van der Waals surface area contributed by atoms with E-state index in [0.29, 0.717) is 0 Å². The van der Waals surface area contributed by atoms with Gasteiger partial charge in [0.1, 0.15) is 0 Å². The van der Waals surface area contributed by atoms with Crippen LogP contribution in [0.5, 0.6) is 0 Å². The molecule has 0 unspecified atom stereocenters. The van der Waals surface area contributed by atoms with Gasteiger partial charge in [-0.1, -0.05) is 177 Å². The van der Waals surface area contributed by atoms with Crippen molar-refractivity contribution in [3.8, 4) is 33.4 Å². The zero-order valence-electron chi connectivity index (χ0n) is 35.2. The lowest BCUT2D eigenvalue weighted by atomic mass is 9.76. The molecule has 0 radical (unpaired) electrons. The molecule has 0 atom stereocenters. The molecule has 0 saturated heterocycles. The van der Waals surface area contributed by atoms with Gasteiger partial charge in [-0.25, -0.2) is 0 Å². The third-order valence-corrected chi connectivity index (χ3v) is 13.8. The van der Waals surface area contributed by atoms with Crippen LogP contribution < -0.4 is 9.80 Å². The van der Waals surface area contributed by atoms with E-state index < -0.39 is 0 Å². The number of fused-ring (bicyclic) bond motifs is 8. The highest BCUT2D eigenvalue weighted by atomic mass is 15.1. The number of benzene rings is 10. The minimum atomic E-state index is -0.0650. The second-order valence-corrected chi connectivity index (χ2v) is 17.2. The highest BCUT2D eigenvalue weighted by Gasteiger charge is 2.45. The van der Waals surface area contributed by atoms with Gasteiger partial charge in [0.25, 0.3) is 0 Å². The number of rotatable bonds is 8. The predicted molar refractivity (Wildman–Crippen MR) is 266 cm³/mol.